The van der Waals surface area contributed by atoms with Crippen molar-refractivity contribution in [2.24, 2.45) is 11.3 Å². The number of benzene rings is 1. The molecular formula is C20H30Si. The highest BCUT2D eigenvalue weighted by molar-refractivity contribution is 6.57. The fourth-order valence-electron chi connectivity index (χ4n) is 4.37. The minimum absolute atomic E-state index is 0.356. The Labute approximate surface area is 133 Å². The van der Waals surface area contributed by atoms with E-state index in [0.717, 1.165) is 12.3 Å². The molecule has 0 heterocycles. The van der Waals surface area contributed by atoms with E-state index >= 15 is 0 Å². The van der Waals surface area contributed by atoms with Crippen molar-refractivity contribution in [1.82, 2.24) is 0 Å². The molecule has 21 heavy (non-hydrogen) atoms. The zero-order valence-corrected chi connectivity index (χ0v) is 15.7. The van der Waals surface area contributed by atoms with Crippen molar-refractivity contribution < 1.29 is 0 Å². The van der Waals surface area contributed by atoms with Crippen LogP contribution in [0.2, 0.25) is 5.04 Å². The van der Waals surface area contributed by atoms with Crippen molar-refractivity contribution in [2.75, 3.05) is 0 Å². The van der Waals surface area contributed by atoms with Gasteiger partial charge in [-0.3, -0.25) is 0 Å². The molecule has 2 unspecified atom stereocenters. The van der Waals surface area contributed by atoms with Gasteiger partial charge in [-0.25, -0.2) is 0 Å². The molecule has 1 aliphatic carbocycles. The van der Waals surface area contributed by atoms with Crippen LogP contribution in [0.5, 0.6) is 0 Å². The molecule has 1 heteroatoms. The Balaban J connectivity index is 2.39. The first-order valence-corrected chi connectivity index (χ1v) is 9.69. The second-order valence-electron chi connectivity index (χ2n) is 7.73. The summed E-state index contributed by atoms with van der Waals surface area (Å²) in [5, 5.41) is 1.97. The van der Waals surface area contributed by atoms with E-state index in [1.165, 1.54) is 6.42 Å². The number of allylic oxidation sites excluding steroid dienone is 4. The average molecular weight is 299 g/mol. The van der Waals surface area contributed by atoms with Crippen LogP contribution < -0.4 is 5.19 Å². The molecule has 0 fully saturated rings. The first-order valence-electron chi connectivity index (χ1n) is 8.28. The summed E-state index contributed by atoms with van der Waals surface area (Å²) in [6.45, 7) is 12.2. The highest BCUT2D eigenvalue weighted by Crippen LogP contribution is 2.53. The van der Waals surface area contributed by atoms with Gasteiger partial charge in [0.2, 0.25) is 0 Å². The fourth-order valence-corrected chi connectivity index (χ4v) is 7.36. The third kappa shape index (κ3) is 3.57. The maximum Gasteiger partial charge on any atom is 0.0659 e. The predicted molar refractivity (Wildman–Crippen MR) is 98.1 cm³/mol. The van der Waals surface area contributed by atoms with Crippen LogP contribution >= 0.6 is 0 Å². The number of rotatable bonds is 5. The Kier molecular flexibility index (Phi) is 4.93. The summed E-state index contributed by atoms with van der Waals surface area (Å²) in [5.41, 5.74) is 2.02. The fraction of sp³-hybridized carbons (Fsp3) is 0.500. The van der Waals surface area contributed by atoms with Gasteiger partial charge in [-0.2, -0.15) is 0 Å². The molecule has 0 spiro atoms. The van der Waals surface area contributed by atoms with Gasteiger partial charge in [0, 0.05) is 0 Å². The van der Waals surface area contributed by atoms with Gasteiger partial charge >= 0.3 is 0 Å². The summed E-state index contributed by atoms with van der Waals surface area (Å²) in [4.78, 5) is 0. The maximum absolute atomic E-state index is 2.55. The molecule has 0 bridgehead atoms. The molecule has 0 saturated heterocycles. The lowest BCUT2D eigenvalue weighted by Crippen LogP contribution is -2.40. The Morgan fingerprint density at radius 2 is 1.76 bits per heavy atom. The smallest absolute Gasteiger partial charge is 0.0659 e. The third-order valence-corrected chi connectivity index (χ3v) is 7.70. The monoisotopic (exact) mass is 298 g/mol. The average Bonchev–Trinajstić information content (AvgIpc) is 2.93. The van der Waals surface area contributed by atoms with E-state index in [0.29, 0.717) is 10.5 Å². The highest BCUT2D eigenvalue weighted by Gasteiger charge is 2.42. The second-order valence-corrected chi connectivity index (χ2v) is 10.4. The van der Waals surface area contributed by atoms with Crippen molar-refractivity contribution in [2.45, 2.75) is 52.5 Å². The van der Waals surface area contributed by atoms with Gasteiger partial charge in [-0.1, -0.05) is 100 Å². The largest absolute Gasteiger partial charge is 0.0805 e. The van der Waals surface area contributed by atoms with Crippen LogP contribution in [0.3, 0.4) is 0 Å². The van der Waals surface area contributed by atoms with E-state index < -0.39 is 0 Å². The van der Waals surface area contributed by atoms with Gasteiger partial charge in [0.25, 0.3) is 0 Å². The lowest BCUT2D eigenvalue weighted by Gasteiger charge is -2.46. The molecule has 2 atom stereocenters. The summed E-state index contributed by atoms with van der Waals surface area (Å²) in [6, 6.07) is 11.2. The standard InChI is InChI=1S/C20H30Si/c1-6-18(19(2,3)4)20(5,16-12-10-11-13-16)21-17-14-8-7-9-15-17/h7-12,14-15,18H,6,13,21H2,1-5H3. The number of hydrogen-bond acceptors (Lipinski definition) is 0. The molecule has 0 N–H and O–H groups in total. The normalized spacial score (nSPS) is 19.8. The zero-order chi connectivity index (χ0) is 15.5. The predicted octanol–water partition coefficient (Wildman–Crippen LogP) is 4.62. The van der Waals surface area contributed by atoms with Gasteiger partial charge in [-0.15, -0.1) is 0 Å². The van der Waals surface area contributed by atoms with Gasteiger partial charge in [0.05, 0.1) is 9.52 Å². The van der Waals surface area contributed by atoms with Gasteiger partial charge in [0.1, 0.15) is 0 Å². The van der Waals surface area contributed by atoms with E-state index in [2.05, 4.69) is 83.2 Å². The van der Waals surface area contributed by atoms with E-state index in [1.807, 2.05) is 0 Å². The molecular weight excluding hydrogens is 268 g/mol. The SMILES string of the molecule is CCC(C(C)(C)C)C(C)([SiH2]c1ccccc1)C1=CC=CC1. The van der Waals surface area contributed by atoms with E-state index in [9.17, 15) is 0 Å². The molecule has 0 aromatic heterocycles. The second kappa shape index (κ2) is 6.35. The molecule has 1 aromatic carbocycles. The van der Waals surface area contributed by atoms with Crippen LogP contribution in [0.25, 0.3) is 0 Å². The molecule has 0 amide bonds. The zero-order valence-electron chi connectivity index (χ0n) is 14.3. The van der Waals surface area contributed by atoms with Crippen LogP contribution in [0.15, 0.2) is 54.1 Å². The first kappa shape index (κ1) is 16.3. The summed E-state index contributed by atoms with van der Waals surface area (Å²) in [7, 11) is -0.370. The molecule has 0 radical (unpaired) electrons. The van der Waals surface area contributed by atoms with Crippen LogP contribution in [0, 0.1) is 11.3 Å². The lowest BCUT2D eigenvalue weighted by molar-refractivity contribution is 0.189. The highest BCUT2D eigenvalue weighted by atomic mass is 28.2. The molecule has 1 aromatic rings. The number of hydrogen-bond donors (Lipinski definition) is 0. The molecule has 0 saturated carbocycles. The van der Waals surface area contributed by atoms with Gasteiger partial charge in [-0.05, 0) is 22.8 Å². The Morgan fingerprint density at radius 3 is 2.24 bits per heavy atom. The topological polar surface area (TPSA) is 0 Å². The van der Waals surface area contributed by atoms with Crippen LogP contribution in [0.1, 0.15) is 47.5 Å². The summed E-state index contributed by atoms with van der Waals surface area (Å²) in [5.74, 6) is 0.739. The molecule has 114 valence electrons. The van der Waals surface area contributed by atoms with Crippen molar-refractivity contribution in [1.29, 1.82) is 0 Å². The summed E-state index contributed by atoms with van der Waals surface area (Å²) >= 11 is 0. The van der Waals surface area contributed by atoms with E-state index in [1.54, 1.807) is 10.8 Å². The summed E-state index contributed by atoms with van der Waals surface area (Å²) < 4.78 is 0. The van der Waals surface area contributed by atoms with Crippen molar-refractivity contribution in [3.8, 4) is 0 Å². The Bertz CT molecular complexity index is 519. The third-order valence-electron chi connectivity index (χ3n) is 5.14. The first-order chi connectivity index (χ1) is 9.88. The van der Waals surface area contributed by atoms with Crippen molar-refractivity contribution in [3.63, 3.8) is 0 Å². The lowest BCUT2D eigenvalue weighted by atomic mass is 9.69. The van der Waals surface area contributed by atoms with Crippen LogP contribution in [-0.4, -0.2) is 9.52 Å². The molecule has 0 aliphatic heterocycles. The summed E-state index contributed by atoms with van der Waals surface area (Å²) in [6.07, 6.45) is 9.38. The van der Waals surface area contributed by atoms with E-state index in [-0.39, 0.29) is 9.52 Å². The van der Waals surface area contributed by atoms with E-state index in [4.69, 9.17) is 0 Å². The van der Waals surface area contributed by atoms with Crippen LogP contribution in [-0.2, 0) is 0 Å². The van der Waals surface area contributed by atoms with Gasteiger partial charge < -0.3 is 0 Å². The van der Waals surface area contributed by atoms with Gasteiger partial charge in [0.15, 0.2) is 0 Å². The van der Waals surface area contributed by atoms with Crippen LogP contribution in [0.4, 0.5) is 0 Å². The quantitative estimate of drug-likeness (QED) is 0.696. The molecule has 0 nitrogen and oxygen atoms in total. The Hall–Kier alpha value is -1.08. The molecule has 1 aliphatic rings. The van der Waals surface area contributed by atoms with Crippen molar-refractivity contribution >= 4 is 14.7 Å². The van der Waals surface area contributed by atoms with Crippen molar-refractivity contribution in [3.05, 3.63) is 54.1 Å². The maximum atomic E-state index is 2.55. The minimum atomic E-state index is -0.370. The Morgan fingerprint density at radius 1 is 1.10 bits per heavy atom. The minimum Gasteiger partial charge on any atom is -0.0805 e. The molecule has 2 rings (SSSR count).